The number of halogens is 2. The van der Waals surface area contributed by atoms with Crippen LogP contribution in [0.2, 0.25) is 0 Å². The van der Waals surface area contributed by atoms with Gasteiger partial charge in [0.25, 0.3) is 0 Å². The Morgan fingerprint density at radius 2 is 1.89 bits per heavy atom. The molecule has 0 heterocycles. The molecule has 0 saturated carbocycles. The largest absolute Gasteiger partial charge is 0.381 e. The lowest BCUT2D eigenvalue weighted by Crippen LogP contribution is -2.03. The van der Waals surface area contributed by atoms with Crippen LogP contribution < -0.4 is 5.32 Å². The van der Waals surface area contributed by atoms with Crippen molar-refractivity contribution in [2.24, 2.45) is 0 Å². The van der Waals surface area contributed by atoms with Gasteiger partial charge in [0.1, 0.15) is 5.82 Å². The molecule has 0 aliphatic heterocycles. The molecule has 0 radical (unpaired) electrons. The molecule has 0 saturated heterocycles. The van der Waals surface area contributed by atoms with Gasteiger partial charge in [-0.3, -0.25) is 0 Å². The molecular weight excluding hydrogens is 305 g/mol. The molecule has 0 aliphatic carbocycles. The first-order valence-electron chi connectivity index (χ1n) is 6.34. The molecule has 0 bridgehead atoms. The van der Waals surface area contributed by atoms with E-state index in [0.717, 1.165) is 11.3 Å². The van der Waals surface area contributed by atoms with Crippen molar-refractivity contribution >= 4 is 21.6 Å². The molecule has 0 amide bonds. The fourth-order valence-electron chi connectivity index (χ4n) is 2.01. The second kappa shape index (κ2) is 6.20. The second-order valence-electron chi connectivity index (χ2n) is 4.84. The Morgan fingerprint density at radius 3 is 2.58 bits per heavy atom. The number of hydrogen-bond acceptors (Lipinski definition) is 1. The van der Waals surface area contributed by atoms with Crippen LogP contribution in [0.1, 0.15) is 30.9 Å². The van der Waals surface area contributed by atoms with Crippen LogP contribution in [0.25, 0.3) is 0 Å². The highest BCUT2D eigenvalue weighted by atomic mass is 79.9. The maximum atomic E-state index is 13.4. The fraction of sp³-hybridized carbons (Fsp3) is 0.250. The molecule has 1 N–H and O–H groups in total. The van der Waals surface area contributed by atoms with Crippen LogP contribution in [0.15, 0.2) is 46.9 Å². The highest BCUT2D eigenvalue weighted by Crippen LogP contribution is 2.24. The van der Waals surface area contributed by atoms with Crippen molar-refractivity contribution in [1.29, 1.82) is 0 Å². The van der Waals surface area contributed by atoms with Gasteiger partial charge < -0.3 is 5.32 Å². The van der Waals surface area contributed by atoms with Crippen LogP contribution >= 0.6 is 15.9 Å². The Bertz CT molecular complexity index is 566. The third-order valence-corrected chi connectivity index (χ3v) is 3.69. The maximum absolute atomic E-state index is 13.4. The zero-order chi connectivity index (χ0) is 13.8. The molecule has 0 unspecified atom stereocenters. The Balaban J connectivity index is 2.12. The number of para-hydroxylation sites is 1. The summed E-state index contributed by atoms with van der Waals surface area (Å²) >= 11 is 3.16. The minimum Gasteiger partial charge on any atom is -0.381 e. The fourth-order valence-corrected chi connectivity index (χ4v) is 2.25. The zero-order valence-electron chi connectivity index (χ0n) is 11.1. The van der Waals surface area contributed by atoms with Gasteiger partial charge in [-0.2, -0.15) is 0 Å². The molecule has 2 rings (SSSR count). The summed E-state index contributed by atoms with van der Waals surface area (Å²) in [5.41, 5.74) is 3.32. The maximum Gasteiger partial charge on any atom is 0.137 e. The third-order valence-electron chi connectivity index (χ3n) is 3.05. The molecule has 0 spiro atoms. The van der Waals surface area contributed by atoms with Crippen molar-refractivity contribution in [3.63, 3.8) is 0 Å². The van der Waals surface area contributed by atoms with Crippen LogP contribution in [0, 0.1) is 5.82 Å². The first-order valence-corrected chi connectivity index (χ1v) is 7.14. The Labute approximate surface area is 122 Å². The summed E-state index contributed by atoms with van der Waals surface area (Å²) < 4.78 is 13.9. The molecule has 2 aromatic rings. The van der Waals surface area contributed by atoms with E-state index in [1.807, 2.05) is 18.2 Å². The topological polar surface area (TPSA) is 12.0 Å². The van der Waals surface area contributed by atoms with E-state index in [9.17, 15) is 4.39 Å². The lowest BCUT2D eigenvalue weighted by Gasteiger charge is -2.14. The second-order valence-corrected chi connectivity index (χ2v) is 5.70. The quantitative estimate of drug-likeness (QED) is 0.803. The predicted octanol–water partition coefficient (Wildman–Crippen LogP) is 5.32. The normalized spacial score (nSPS) is 10.8. The molecule has 3 heteroatoms. The van der Waals surface area contributed by atoms with Gasteiger partial charge in [-0.1, -0.05) is 38.1 Å². The van der Waals surface area contributed by atoms with E-state index < -0.39 is 0 Å². The van der Waals surface area contributed by atoms with E-state index in [1.54, 1.807) is 12.1 Å². The number of hydrogen-bond donors (Lipinski definition) is 1. The van der Waals surface area contributed by atoms with Gasteiger partial charge >= 0.3 is 0 Å². The zero-order valence-corrected chi connectivity index (χ0v) is 12.7. The van der Waals surface area contributed by atoms with Gasteiger partial charge in [-0.15, -0.1) is 0 Å². The van der Waals surface area contributed by atoms with Crippen molar-refractivity contribution < 1.29 is 4.39 Å². The highest BCUT2D eigenvalue weighted by Gasteiger charge is 2.06. The summed E-state index contributed by atoms with van der Waals surface area (Å²) in [6.07, 6.45) is 0. The van der Waals surface area contributed by atoms with Crippen molar-refractivity contribution in [1.82, 2.24) is 0 Å². The number of nitrogens with one attached hydrogen (secondary N) is 1. The molecule has 0 aliphatic rings. The van der Waals surface area contributed by atoms with E-state index in [4.69, 9.17) is 0 Å². The first-order chi connectivity index (χ1) is 9.08. The van der Waals surface area contributed by atoms with Gasteiger partial charge in [0.15, 0.2) is 0 Å². The van der Waals surface area contributed by atoms with Crippen LogP contribution in [-0.4, -0.2) is 0 Å². The smallest absolute Gasteiger partial charge is 0.137 e. The van der Waals surface area contributed by atoms with E-state index in [2.05, 4.69) is 47.2 Å². The van der Waals surface area contributed by atoms with Crippen molar-refractivity contribution in [2.75, 3.05) is 5.32 Å². The standard InChI is InChI=1S/C16H17BrFN/c1-11(2)13-5-3-4-6-16(13)19-10-12-7-8-14(17)15(18)9-12/h3-9,11,19H,10H2,1-2H3. The van der Waals surface area contributed by atoms with E-state index >= 15 is 0 Å². The van der Waals surface area contributed by atoms with Gasteiger partial charge in [0, 0.05) is 12.2 Å². The Morgan fingerprint density at radius 1 is 1.16 bits per heavy atom. The summed E-state index contributed by atoms with van der Waals surface area (Å²) in [7, 11) is 0. The lowest BCUT2D eigenvalue weighted by molar-refractivity contribution is 0.619. The van der Waals surface area contributed by atoms with Gasteiger partial charge in [0.2, 0.25) is 0 Å². The molecular formula is C16H17BrFN. The van der Waals surface area contributed by atoms with Crippen molar-refractivity contribution in [3.8, 4) is 0 Å². The van der Waals surface area contributed by atoms with Gasteiger partial charge in [-0.25, -0.2) is 4.39 Å². The van der Waals surface area contributed by atoms with Crippen LogP contribution in [-0.2, 0) is 6.54 Å². The number of benzene rings is 2. The summed E-state index contributed by atoms with van der Waals surface area (Å²) in [5.74, 6) is 0.238. The van der Waals surface area contributed by atoms with Crippen molar-refractivity contribution in [3.05, 3.63) is 63.9 Å². The molecule has 2 aromatic carbocycles. The molecule has 0 aromatic heterocycles. The minimum absolute atomic E-state index is 0.226. The third kappa shape index (κ3) is 3.57. The molecule has 100 valence electrons. The van der Waals surface area contributed by atoms with Crippen LogP contribution in [0.4, 0.5) is 10.1 Å². The van der Waals surface area contributed by atoms with Gasteiger partial charge in [-0.05, 0) is 51.2 Å². The molecule has 1 nitrogen and oxygen atoms in total. The van der Waals surface area contributed by atoms with Crippen molar-refractivity contribution in [2.45, 2.75) is 26.3 Å². The Kier molecular flexibility index (Phi) is 4.59. The number of rotatable bonds is 4. The highest BCUT2D eigenvalue weighted by molar-refractivity contribution is 9.10. The van der Waals surface area contributed by atoms with Crippen LogP contribution in [0.3, 0.4) is 0 Å². The summed E-state index contributed by atoms with van der Waals surface area (Å²) in [5, 5.41) is 3.38. The van der Waals surface area contributed by atoms with E-state index in [-0.39, 0.29) is 5.82 Å². The minimum atomic E-state index is -0.226. The SMILES string of the molecule is CC(C)c1ccccc1NCc1ccc(Br)c(F)c1. The van der Waals surface area contributed by atoms with E-state index in [1.165, 1.54) is 5.56 Å². The number of anilines is 1. The predicted molar refractivity (Wildman–Crippen MR) is 82.0 cm³/mol. The Hall–Kier alpha value is -1.35. The first kappa shape index (κ1) is 14.1. The monoisotopic (exact) mass is 321 g/mol. The molecule has 19 heavy (non-hydrogen) atoms. The van der Waals surface area contributed by atoms with Gasteiger partial charge in [0.05, 0.1) is 4.47 Å². The average molecular weight is 322 g/mol. The molecule has 0 fully saturated rings. The lowest BCUT2D eigenvalue weighted by atomic mass is 10.0. The summed E-state index contributed by atoms with van der Waals surface area (Å²) in [6.45, 7) is 4.95. The average Bonchev–Trinajstić information content (AvgIpc) is 2.40. The summed E-state index contributed by atoms with van der Waals surface area (Å²) in [6, 6.07) is 13.4. The summed E-state index contributed by atoms with van der Waals surface area (Å²) in [4.78, 5) is 0. The van der Waals surface area contributed by atoms with E-state index in [0.29, 0.717) is 16.9 Å². The van der Waals surface area contributed by atoms with Crippen LogP contribution in [0.5, 0.6) is 0 Å². The molecule has 0 atom stereocenters.